The van der Waals surface area contributed by atoms with Crippen molar-refractivity contribution in [1.29, 1.82) is 0 Å². The molecule has 0 bridgehead atoms. The lowest BCUT2D eigenvalue weighted by atomic mass is 10.2. The number of alkyl halides is 2. The van der Waals surface area contributed by atoms with Gasteiger partial charge in [0.2, 0.25) is 0 Å². The third kappa shape index (κ3) is 3.82. The van der Waals surface area contributed by atoms with Crippen molar-refractivity contribution in [2.75, 3.05) is 0 Å². The van der Waals surface area contributed by atoms with E-state index < -0.39 is 23.6 Å². The number of aryl methyl sites for hydroxylation is 1. The van der Waals surface area contributed by atoms with E-state index in [-0.39, 0.29) is 18.1 Å². The molecule has 0 spiro atoms. The van der Waals surface area contributed by atoms with Crippen LogP contribution in [0.3, 0.4) is 0 Å². The first-order valence-electron chi connectivity index (χ1n) is 7.71. The average Bonchev–Trinajstić information content (AvgIpc) is 3.02. The maximum absolute atomic E-state index is 12.6. The van der Waals surface area contributed by atoms with Crippen LogP contribution in [0.15, 0.2) is 47.4 Å². The number of H-pyrrole nitrogens is 1. The highest BCUT2D eigenvalue weighted by molar-refractivity contribution is 5.92. The number of halogens is 2. The molecular weight excluding hydrogens is 344 g/mol. The number of aromatic amines is 1. The third-order valence-corrected chi connectivity index (χ3v) is 3.61. The first-order chi connectivity index (χ1) is 12.4. The van der Waals surface area contributed by atoms with E-state index in [2.05, 4.69) is 20.4 Å². The number of hydrogen-bond donors (Lipinski definition) is 2. The van der Waals surface area contributed by atoms with Crippen molar-refractivity contribution in [2.45, 2.75) is 19.9 Å². The molecule has 134 valence electrons. The molecule has 0 aliphatic heterocycles. The summed E-state index contributed by atoms with van der Waals surface area (Å²) in [5.41, 5.74) is 0.865. The lowest BCUT2D eigenvalue weighted by molar-refractivity contribution is 0.0944. The molecule has 1 aromatic carbocycles. The Morgan fingerprint density at radius 3 is 2.69 bits per heavy atom. The van der Waals surface area contributed by atoms with E-state index in [0.717, 1.165) is 17.7 Å². The number of nitrogens with one attached hydrogen (secondary N) is 2. The predicted octanol–water partition coefficient (Wildman–Crippen LogP) is 2.13. The van der Waals surface area contributed by atoms with Crippen molar-refractivity contribution in [3.05, 3.63) is 75.7 Å². The first-order valence-corrected chi connectivity index (χ1v) is 7.71. The quantitative estimate of drug-likeness (QED) is 0.730. The summed E-state index contributed by atoms with van der Waals surface area (Å²) in [4.78, 5) is 31.8. The van der Waals surface area contributed by atoms with Crippen LogP contribution in [0.25, 0.3) is 5.69 Å². The second kappa shape index (κ2) is 7.26. The standard InChI is InChI=1S/C17H15F2N5O2/c1-10-2-4-11(5-3-10)24-15(25)8-13(23-24)17(26)21-9-14-20-7-6-12(22-14)16(18)19/h2-8,16,23H,9H2,1H3,(H,21,26). The molecular formula is C17H15F2N5O2. The van der Waals surface area contributed by atoms with Gasteiger partial charge in [-0.2, -0.15) is 0 Å². The lowest BCUT2D eigenvalue weighted by Crippen LogP contribution is -2.24. The Morgan fingerprint density at radius 1 is 1.27 bits per heavy atom. The molecule has 7 nitrogen and oxygen atoms in total. The van der Waals surface area contributed by atoms with E-state index in [1.54, 1.807) is 12.1 Å². The van der Waals surface area contributed by atoms with E-state index in [1.165, 1.54) is 10.9 Å². The van der Waals surface area contributed by atoms with Crippen LogP contribution in [0, 0.1) is 6.92 Å². The fourth-order valence-corrected chi connectivity index (χ4v) is 2.27. The highest BCUT2D eigenvalue weighted by Gasteiger charge is 2.14. The van der Waals surface area contributed by atoms with E-state index in [1.807, 2.05) is 19.1 Å². The van der Waals surface area contributed by atoms with Gasteiger partial charge in [0.15, 0.2) is 0 Å². The molecule has 0 saturated carbocycles. The van der Waals surface area contributed by atoms with Crippen molar-refractivity contribution in [2.24, 2.45) is 0 Å². The Hall–Kier alpha value is -3.36. The maximum Gasteiger partial charge on any atom is 0.280 e. The molecule has 26 heavy (non-hydrogen) atoms. The molecule has 0 unspecified atom stereocenters. The van der Waals surface area contributed by atoms with Gasteiger partial charge < -0.3 is 5.32 Å². The van der Waals surface area contributed by atoms with Crippen LogP contribution in [-0.2, 0) is 6.54 Å². The van der Waals surface area contributed by atoms with Gasteiger partial charge in [-0.05, 0) is 25.1 Å². The second-order valence-electron chi connectivity index (χ2n) is 5.56. The molecule has 9 heteroatoms. The van der Waals surface area contributed by atoms with Gasteiger partial charge in [-0.3, -0.25) is 14.7 Å². The molecule has 3 rings (SSSR count). The lowest BCUT2D eigenvalue weighted by Gasteiger charge is -2.05. The minimum absolute atomic E-state index is 0.0422. The van der Waals surface area contributed by atoms with Crippen molar-refractivity contribution >= 4 is 5.91 Å². The number of rotatable bonds is 5. The Morgan fingerprint density at radius 2 is 2.00 bits per heavy atom. The molecule has 2 N–H and O–H groups in total. The van der Waals surface area contributed by atoms with Gasteiger partial charge in [-0.25, -0.2) is 23.4 Å². The summed E-state index contributed by atoms with van der Waals surface area (Å²) < 4.78 is 26.5. The summed E-state index contributed by atoms with van der Waals surface area (Å²) >= 11 is 0. The molecule has 3 aromatic rings. The first kappa shape index (κ1) is 17.5. The molecule has 0 aliphatic rings. The Balaban J connectivity index is 1.73. The van der Waals surface area contributed by atoms with Gasteiger partial charge in [0, 0.05) is 12.3 Å². The van der Waals surface area contributed by atoms with Crippen LogP contribution >= 0.6 is 0 Å². The van der Waals surface area contributed by atoms with Gasteiger partial charge in [0.1, 0.15) is 17.2 Å². The molecule has 0 atom stereocenters. The zero-order valence-electron chi connectivity index (χ0n) is 13.7. The van der Waals surface area contributed by atoms with Gasteiger partial charge in [-0.15, -0.1) is 0 Å². The van der Waals surface area contributed by atoms with Crippen LogP contribution in [0.1, 0.15) is 34.0 Å². The minimum Gasteiger partial charge on any atom is -0.343 e. The van der Waals surface area contributed by atoms with Crippen LogP contribution in [0.4, 0.5) is 8.78 Å². The Bertz CT molecular complexity index is 979. The highest BCUT2D eigenvalue weighted by atomic mass is 19.3. The number of nitrogens with zero attached hydrogens (tertiary/aromatic N) is 3. The maximum atomic E-state index is 12.6. The topological polar surface area (TPSA) is 92.7 Å². The van der Waals surface area contributed by atoms with Crippen molar-refractivity contribution in [3.63, 3.8) is 0 Å². The minimum atomic E-state index is -2.72. The largest absolute Gasteiger partial charge is 0.343 e. The molecule has 2 aromatic heterocycles. The van der Waals surface area contributed by atoms with Crippen molar-refractivity contribution in [3.8, 4) is 5.69 Å². The number of benzene rings is 1. The highest BCUT2D eigenvalue weighted by Crippen LogP contribution is 2.15. The average molecular weight is 359 g/mol. The number of amides is 1. The summed E-state index contributed by atoms with van der Waals surface area (Å²) in [7, 11) is 0. The fraction of sp³-hybridized carbons (Fsp3) is 0.176. The molecule has 1 amide bonds. The molecule has 0 aliphatic carbocycles. The van der Waals surface area contributed by atoms with Crippen LogP contribution in [0.2, 0.25) is 0 Å². The van der Waals surface area contributed by atoms with E-state index in [9.17, 15) is 18.4 Å². The zero-order valence-corrected chi connectivity index (χ0v) is 13.7. The Kier molecular flexibility index (Phi) is 4.87. The number of hydrogen-bond acceptors (Lipinski definition) is 4. The zero-order chi connectivity index (χ0) is 18.7. The monoisotopic (exact) mass is 359 g/mol. The van der Waals surface area contributed by atoms with Crippen molar-refractivity contribution in [1.82, 2.24) is 25.1 Å². The SMILES string of the molecule is Cc1ccc(-n2[nH]c(C(=O)NCc3nccc(C(F)F)n3)cc2=O)cc1. The molecule has 2 heterocycles. The van der Waals surface area contributed by atoms with Gasteiger partial charge >= 0.3 is 0 Å². The van der Waals surface area contributed by atoms with Gasteiger partial charge in [-0.1, -0.05) is 17.7 Å². The summed E-state index contributed by atoms with van der Waals surface area (Å²) in [6, 6.07) is 9.45. The van der Waals surface area contributed by atoms with Crippen molar-refractivity contribution < 1.29 is 13.6 Å². The van der Waals surface area contributed by atoms with Gasteiger partial charge in [0.05, 0.1) is 12.2 Å². The van der Waals surface area contributed by atoms with Crippen LogP contribution in [0.5, 0.6) is 0 Å². The second-order valence-corrected chi connectivity index (χ2v) is 5.56. The smallest absolute Gasteiger partial charge is 0.280 e. The number of carbonyl (C=O) groups excluding carboxylic acids is 1. The van der Waals surface area contributed by atoms with Gasteiger partial charge in [0.25, 0.3) is 17.9 Å². The third-order valence-electron chi connectivity index (χ3n) is 3.61. The number of carbonyl (C=O) groups is 1. The summed E-state index contributed by atoms with van der Waals surface area (Å²) in [5.74, 6) is -0.518. The summed E-state index contributed by atoms with van der Waals surface area (Å²) in [6.45, 7) is 1.78. The summed E-state index contributed by atoms with van der Waals surface area (Å²) in [6.07, 6.45) is -1.52. The van der Waals surface area contributed by atoms with E-state index in [0.29, 0.717) is 5.69 Å². The molecule has 0 saturated heterocycles. The van der Waals surface area contributed by atoms with Crippen LogP contribution < -0.4 is 10.9 Å². The normalized spacial score (nSPS) is 10.9. The molecule has 0 radical (unpaired) electrons. The summed E-state index contributed by atoms with van der Waals surface area (Å²) in [5, 5.41) is 5.20. The fourth-order valence-electron chi connectivity index (χ4n) is 2.27. The van der Waals surface area contributed by atoms with Crippen LogP contribution in [-0.4, -0.2) is 25.7 Å². The number of aromatic nitrogens is 4. The van der Waals surface area contributed by atoms with E-state index >= 15 is 0 Å². The predicted molar refractivity (Wildman–Crippen MR) is 89.3 cm³/mol. The Labute approximate surface area is 146 Å². The molecule has 0 fully saturated rings. The van der Waals surface area contributed by atoms with E-state index in [4.69, 9.17) is 0 Å².